The lowest BCUT2D eigenvalue weighted by Gasteiger charge is -2.28. The molecule has 17 heteroatoms. The number of hydrogen-bond donors (Lipinski definition) is 1. The number of ether oxygens (including phenoxy) is 3. The van der Waals surface area contributed by atoms with Gasteiger partial charge in [0.15, 0.2) is 12.6 Å². The summed E-state index contributed by atoms with van der Waals surface area (Å²) >= 11 is 0. The van der Waals surface area contributed by atoms with Crippen LogP contribution in [0.15, 0.2) is 35.1 Å². The van der Waals surface area contributed by atoms with Crippen LogP contribution >= 0.6 is 0 Å². The molecule has 1 N–H and O–H groups in total. The predicted molar refractivity (Wildman–Crippen MR) is 184 cm³/mol. The van der Waals surface area contributed by atoms with E-state index in [-0.39, 0.29) is 49.1 Å². The van der Waals surface area contributed by atoms with E-state index in [1.54, 1.807) is 46.9 Å². The van der Waals surface area contributed by atoms with Gasteiger partial charge in [-0.25, -0.2) is 18.9 Å². The molecule has 0 aliphatic heterocycles. The largest absolute Gasteiger partial charge is 0.468 e. The zero-order valence-corrected chi connectivity index (χ0v) is 30.1. The van der Waals surface area contributed by atoms with Crippen molar-refractivity contribution < 1.29 is 37.8 Å². The number of amides is 1. The molecule has 2 atom stereocenters. The van der Waals surface area contributed by atoms with E-state index < -0.39 is 41.1 Å². The zero-order valence-electron chi connectivity index (χ0n) is 30.1. The number of carbonyl (C=O) groups excluding carboxylic acids is 4. The molecule has 52 heavy (non-hydrogen) atoms. The molecule has 0 saturated carbocycles. The maximum atomic E-state index is 15.6. The van der Waals surface area contributed by atoms with Crippen LogP contribution in [0.1, 0.15) is 72.8 Å². The van der Waals surface area contributed by atoms with E-state index in [0.717, 1.165) is 18.2 Å². The van der Waals surface area contributed by atoms with Gasteiger partial charge in [-0.1, -0.05) is 0 Å². The smallest absolute Gasteiger partial charge is 0.328 e. The molecule has 1 amide bonds. The van der Waals surface area contributed by atoms with Gasteiger partial charge < -0.3 is 24.4 Å². The van der Waals surface area contributed by atoms with E-state index >= 15 is 4.39 Å². The summed E-state index contributed by atoms with van der Waals surface area (Å²) in [6.07, 6.45) is 1.48. The molecule has 1 aliphatic carbocycles. The van der Waals surface area contributed by atoms with Crippen molar-refractivity contribution in [2.75, 3.05) is 26.2 Å². The van der Waals surface area contributed by atoms with Crippen molar-refractivity contribution >= 4 is 40.4 Å². The van der Waals surface area contributed by atoms with Gasteiger partial charge >= 0.3 is 17.9 Å². The summed E-state index contributed by atoms with van der Waals surface area (Å²) in [6, 6.07) is 6.49. The number of aryl methyl sites for hydroxylation is 3. The lowest BCUT2D eigenvalue weighted by atomic mass is 9.98. The Hall–Kier alpha value is -5.74. The number of methoxy groups -OCH3 is 2. The summed E-state index contributed by atoms with van der Waals surface area (Å²) < 4.78 is 33.0. The summed E-state index contributed by atoms with van der Waals surface area (Å²) in [7, 11) is 4.19. The van der Waals surface area contributed by atoms with E-state index in [4.69, 9.17) is 9.47 Å². The molecule has 0 fully saturated rings. The third-order valence-electron chi connectivity index (χ3n) is 9.02. The Kier molecular flexibility index (Phi) is 11.0. The third-order valence-corrected chi connectivity index (χ3v) is 9.02. The fourth-order valence-corrected chi connectivity index (χ4v) is 6.01. The Morgan fingerprint density at radius 3 is 2.54 bits per heavy atom. The summed E-state index contributed by atoms with van der Waals surface area (Å²) in [5.41, 5.74) is 1.57. The molecular weight excluding hydrogens is 679 g/mol. The third kappa shape index (κ3) is 7.92. The van der Waals surface area contributed by atoms with Crippen LogP contribution in [0.5, 0.6) is 0 Å². The van der Waals surface area contributed by atoms with Crippen molar-refractivity contribution in [2.45, 2.75) is 78.7 Å². The molecule has 0 radical (unpaired) electrons. The average Bonchev–Trinajstić information content (AvgIpc) is 3.73. The van der Waals surface area contributed by atoms with Gasteiger partial charge in [0.2, 0.25) is 0 Å². The summed E-state index contributed by atoms with van der Waals surface area (Å²) in [5.74, 6) is -2.73. The maximum absolute atomic E-state index is 15.6. The number of aromatic nitrogens is 6. The molecule has 0 bridgehead atoms. The second kappa shape index (κ2) is 15.2. The second-order valence-corrected chi connectivity index (χ2v) is 13.5. The first-order valence-corrected chi connectivity index (χ1v) is 16.6. The summed E-state index contributed by atoms with van der Waals surface area (Å²) in [5, 5.41) is 14.0. The minimum Gasteiger partial charge on any atom is -0.468 e. The van der Waals surface area contributed by atoms with Gasteiger partial charge in [-0.2, -0.15) is 0 Å². The first kappa shape index (κ1) is 37.5. The van der Waals surface area contributed by atoms with Gasteiger partial charge in [0, 0.05) is 19.2 Å². The highest BCUT2D eigenvalue weighted by Gasteiger charge is 2.30. The number of rotatable bonds is 12. The van der Waals surface area contributed by atoms with Crippen LogP contribution in [0.2, 0.25) is 0 Å². The van der Waals surface area contributed by atoms with E-state index in [2.05, 4.69) is 30.6 Å². The molecule has 0 spiro atoms. The Morgan fingerprint density at radius 2 is 1.87 bits per heavy atom. The topological polar surface area (TPSA) is 190 Å². The molecule has 276 valence electrons. The molecule has 4 aromatic rings. The van der Waals surface area contributed by atoms with Gasteiger partial charge in [-0.05, 0) is 98.8 Å². The Morgan fingerprint density at radius 1 is 1.12 bits per heavy atom. The number of tetrazole rings is 1. The number of nitrogens with zero attached hydrogens (tertiary/aromatic N) is 7. The molecule has 1 unspecified atom stereocenters. The standard InChI is InChI=1S/C35H41FN8O8/c1-19-37-27-14-20-8-12-28(23(20)16-24(27)32(47)43(19)18-52-34(49)35(2,3)4)42(5)21-9-10-22(25(36)15-21)31(46)38-26(33(48)51-7)11-13-29-39-40-41-44(29)17-30(45)50-6/h9-10,14-16,26,28H,8,11-13,17-18H2,1-7H3,(H,38,46)/t26-,28?/m0/s1. The van der Waals surface area contributed by atoms with Crippen molar-refractivity contribution in [3.05, 3.63) is 74.8 Å². The van der Waals surface area contributed by atoms with Crippen LogP contribution in [0.25, 0.3) is 10.9 Å². The van der Waals surface area contributed by atoms with Crippen LogP contribution in [-0.2, 0) is 54.7 Å². The van der Waals surface area contributed by atoms with Crippen molar-refractivity contribution in [1.82, 2.24) is 35.1 Å². The average molecular weight is 721 g/mol. The molecule has 2 heterocycles. The van der Waals surface area contributed by atoms with E-state index in [1.165, 1.54) is 28.5 Å². The van der Waals surface area contributed by atoms with Gasteiger partial charge in [-0.3, -0.25) is 23.7 Å². The number of carbonyl (C=O) groups is 4. The minimum atomic E-state index is -1.17. The van der Waals surface area contributed by atoms with Crippen molar-refractivity contribution in [3.63, 3.8) is 0 Å². The van der Waals surface area contributed by atoms with Gasteiger partial charge in [0.25, 0.3) is 11.5 Å². The highest BCUT2D eigenvalue weighted by Crippen LogP contribution is 2.39. The van der Waals surface area contributed by atoms with E-state index in [1.807, 2.05) is 11.0 Å². The number of halogens is 1. The highest BCUT2D eigenvalue weighted by molar-refractivity contribution is 5.97. The maximum Gasteiger partial charge on any atom is 0.328 e. The highest BCUT2D eigenvalue weighted by atomic mass is 19.1. The fourth-order valence-electron chi connectivity index (χ4n) is 6.01. The first-order chi connectivity index (χ1) is 24.6. The Bertz CT molecular complexity index is 2090. The molecule has 5 rings (SSSR count). The number of anilines is 1. The fraction of sp³-hybridized carbons (Fsp3) is 0.457. The normalized spacial score (nSPS) is 14.4. The first-order valence-electron chi connectivity index (χ1n) is 16.6. The number of nitrogens with one attached hydrogen (secondary N) is 1. The predicted octanol–water partition coefficient (Wildman–Crippen LogP) is 2.58. The van der Waals surface area contributed by atoms with Crippen molar-refractivity contribution in [1.29, 1.82) is 0 Å². The summed E-state index contributed by atoms with van der Waals surface area (Å²) in [6.45, 7) is 6.37. The lowest BCUT2D eigenvalue weighted by Crippen LogP contribution is -2.42. The van der Waals surface area contributed by atoms with E-state index in [9.17, 15) is 24.0 Å². The SMILES string of the molecule is COC(=O)Cn1nnnc1CC[C@H](NC(=O)c1ccc(N(C)C2CCc3cc4nc(C)n(COC(=O)C(C)(C)C)c(=O)c4cc32)cc1F)C(=O)OC. The van der Waals surface area contributed by atoms with Crippen molar-refractivity contribution in [2.24, 2.45) is 5.41 Å². The van der Waals surface area contributed by atoms with Gasteiger partial charge in [0.1, 0.15) is 24.2 Å². The number of hydrogen-bond acceptors (Lipinski definition) is 13. The molecule has 2 aromatic heterocycles. The molecule has 2 aromatic carbocycles. The Labute approximate surface area is 298 Å². The van der Waals surface area contributed by atoms with Crippen LogP contribution in [0.4, 0.5) is 10.1 Å². The number of fused-ring (bicyclic) bond motifs is 2. The van der Waals surface area contributed by atoms with E-state index in [0.29, 0.717) is 35.3 Å². The van der Waals surface area contributed by atoms with Gasteiger partial charge in [0.05, 0.1) is 42.1 Å². The van der Waals surface area contributed by atoms with Crippen LogP contribution < -0.4 is 15.8 Å². The molecule has 16 nitrogen and oxygen atoms in total. The van der Waals surface area contributed by atoms with Crippen LogP contribution in [0.3, 0.4) is 0 Å². The minimum absolute atomic E-state index is 0.000397. The number of benzene rings is 2. The molecule has 0 saturated heterocycles. The van der Waals surface area contributed by atoms with Crippen LogP contribution in [0, 0.1) is 18.2 Å². The Balaban J connectivity index is 1.32. The zero-order chi connectivity index (χ0) is 37.9. The quantitative estimate of drug-likeness (QED) is 0.166. The second-order valence-electron chi connectivity index (χ2n) is 13.5. The monoisotopic (exact) mass is 720 g/mol. The van der Waals surface area contributed by atoms with Crippen molar-refractivity contribution in [3.8, 4) is 0 Å². The molecular formula is C35H41FN8O8. The summed E-state index contributed by atoms with van der Waals surface area (Å²) in [4.78, 5) is 69.8. The number of esters is 3. The van der Waals surface area contributed by atoms with Crippen LogP contribution in [-0.4, -0.2) is 80.9 Å². The molecule has 1 aliphatic rings. The van der Waals surface area contributed by atoms with Gasteiger partial charge in [-0.15, -0.1) is 5.10 Å². The lowest BCUT2D eigenvalue weighted by molar-refractivity contribution is -0.157.